The Balaban J connectivity index is 1.10. The summed E-state index contributed by atoms with van der Waals surface area (Å²) < 4.78 is 10.2. The highest BCUT2D eigenvalue weighted by atomic mass is 35.5. The minimum Gasteiger partial charge on any atom is -0.508 e. The molecule has 47 heavy (non-hydrogen) atoms. The number of rotatable bonds is 6. The molecule has 2 aliphatic rings. The topological polar surface area (TPSA) is 122 Å². The average molecular weight is 655 g/mol. The van der Waals surface area contributed by atoms with Crippen LogP contribution in [0.2, 0.25) is 5.02 Å². The van der Waals surface area contributed by atoms with Gasteiger partial charge in [-0.15, -0.1) is 10.2 Å². The van der Waals surface area contributed by atoms with Crippen LogP contribution in [0.1, 0.15) is 87.3 Å². The summed E-state index contributed by atoms with van der Waals surface area (Å²) in [6.07, 6.45) is 5.43. The second kappa shape index (κ2) is 12.2. The molecule has 0 saturated carbocycles. The standard InChI is InChI=1S/C35H39ClN8O3/c1-35(2,3)30-19-32(44(41-30)22-16-21(36)17-23(45)18-22)38-34(46)37-27-12-13-29(26-9-6-5-8-25(26)27)47-24-11-14-31-39-40-33(43(31)20-24)28-10-7-15-42(28)4/h5-6,8-9,11,14,16-20,27-29,45H,7,10,12-13,15H2,1-4H3,(H2,37,38,46)/t27-,28?,29+/m0/s1. The number of urea groups is 1. The van der Waals surface area contributed by atoms with Gasteiger partial charge in [-0.1, -0.05) is 56.6 Å². The lowest BCUT2D eigenvalue weighted by molar-refractivity contribution is 0.171. The van der Waals surface area contributed by atoms with Crippen LogP contribution >= 0.6 is 11.6 Å². The number of pyridine rings is 1. The highest BCUT2D eigenvalue weighted by Gasteiger charge is 2.31. The number of hydrogen-bond acceptors (Lipinski definition) is 7. The normalized spacial score (nSPS) is 19.9. The number of anilines is 1. The van der Waals surface area contributed by atoms with Crippen molar-refractivity contribution < 1.29 is 14.6 Å². The van der Waals surface area contributed by atoms with E-state index in [0.717, 1.165) is 53.4 Å². The Kier molecular flexibility index (Phi) is 8.05. The maximum absolute atomic E-state index is 13.5. The van der Waals surface area contributed by atoms with Crippen molar-refractivity contribution >= 4 is 29.1 Å². The Hall–Kier alpha value is -4.61. The summed E-state index contributed by atoms with van der Waals surface area (Å²) in [5, 5.41) is 30.4. The molecule has 1 unspecified atom stereocenters. The number of phenols is 1. The molecule has 11 nitrogen and oxygen atoms in total. The van der Waals surface area contributed by atoms with Gasteiger partial charge in [0.25, 0.3) is 0 Å². The Morgan fingerprint density at radius 3 is 2.57 bits per heavy atom. The number of aromatic nitrogens is 5. The highest BCUT2D eigenvalue weighted by molar-refractivity contribution is 6.30. The van der Waals surface area contributed by atoms with Gasteiger partial charge in [0.05, 0.1) is 29.7 Å². The van der Waals surface area contributed by atoms with E-state index in [0.29, 0.717) is 29.4 Å². The Bertz CT molecular complexity index is 1930. The summed E-state index contributed by atoms with van der Waals surface area (Å²) >= 11 is 6.23. The van der Waals surface area contributed by atoms with Gasteiger partial charge in [-0.2, -0.15) is 5.10 Å². The number of benzene rings is 2. The number of nitrogens with zero attached hydrogens (tertiary/aromatic N) is 6. The lowest BCUT2D eigenvalue weighted by atomic mass is 9.85. The number of carbonyl (C=O) groups excluding carboxylic acids is 1. The van der Waals surface area contributed by atoms with Crippen molar-refractivity contribution in [3.63, 3.8) is 0 Å². The van der Waals surface area contributed by atoms with Gasteiger partial charge in [0, 0.05) is 22.6 Å². The summed E-state index contributed by atoms with van der Waals surface area (Å²) in [5.41, 5.74) is 3.90. The number of carbonyl (C=O) groups is 1. The molecule has 7 rings (SSSR count). The van der Waals surface area contributed by atoms with Crippen LogP contribution in [0, 0.1) is 0 Å². The van der Waals surface area contributed by atoms with Crippen molar-refractivity contribution in [1.82, 2.24) is 34.6 Å². The van der Waals surface area contributed by atoms with Crippen LogP contribution in [0.5, 0.6) is 11.5 Å². The zero-order chi connectivity index (χ0) is 32.9. The first-order valence-corrected chi connectivity index (χ1v) is 16.4. The first kappa shape index (κ1) is 31.0. The van der Waals surface area contributed by atoms with Crippen LogP contribution in [0.25, 0.3) is 11.3 Å². The minimum absolute atomic E-state index is 0.00904. The maximum Gasteiger partial charge on any atom is 0.320 e. The average Bonchev–Trinajstić information content (AvgIpc) is 3.76. The summed E-state index contributed by atoms with van der Waals surface area (Å²) in [5.74, 6) is 2.16. The number of amides is 2. The fourth-order valence-corrected chi connectivity index (χ4v) is 6.86. The van der Waals surface area contributed by atoms with Crippen LogP contribution in [-0.4, -0.2) is 54.0 Å². The Morgan fingerprint density at radius 2 is 1.83 bits per heavy atom. The number of phenolic OH excluding ortho intramolecular Hbond substituents is 1. The molecule has 12 heteroatoms. The largest absolute Gasteiger partial charge is 0.508 e. The molecule has 5 aromatic rings. The van der Waals surface area contributed by atoms with Gasteiger partial charge in [-0.3, -0.25) is 14.6 Å². The van der Waals surface area contributed by atoms with Crippen LogP contribution in [-0.2, 0) is 5.41 Å². The molecule has 3 aromatic heterocycles. The Morgan fingerprint density at radius 1 is 1.02 bits per heavy atom. The molecule has 4 heterocycles. The summed E-state index contributed by atoms with van der Waals surface area (Å²) in [4.78, 5) is 15.8. The van der Waals surface area contributed by atoms with E-state index in [9.17, 15) is 9.90 Å². The van der Waals surface area contributed by atoms with Gasteiger partial charge < -0.3 is 15.2 Å². The molecule has 0 bridgehead atoms. The summed E-state index contributed by atoms with van der Waals surface area (Å²) in [7, 11) is 2.13. The second-order valence-corrected chi connectivity index (χ2v) is 13.9. The third kappa shape index (κ3) is 6.25. The zero-order valence-electron chi connectivity index (χ0n) is 26.9. The van der Waals surface area contributed by atoms with Crippen LogP contribution in [0.3, 0.4) is 0 Å². The number of likely N-dealkylation sites (tertiary alicyclic amines) is 1. The smallest absolute Gasteiger partial charge is 0.320 e. The first-order chi connectivity index (χ1) is 22.5. The van der Waals surface area contributed by atoms with Crippen LogP contribution < -0.4 is 15.4 Å². The molecule has 3 N–H and O–H groups in total. The van der Waals surface area contributed by atoms with Crippen molar-refractivity contribution in [3.05, 3.63) is 94.5 Å². The second-order valence-electron chi connectivity index (χ2n) is 13.5. The van der Waals surface area contributed by atoms with Gasteiger partial charge in [0.15, 0.2) is 11.5 Å². The number of ether oxygens (including phenoxy) is 1. The molecule has 1 aliphatic carbocycles. The van der Waals surface area contributed by atoms with Crippen molar-refractivity contribution in [2.45, 2.75) is 70.1 Å². The molecule has 244 valence electrons. The Labute approximate surface area is 278 Å². The first-order valence-electron chi connectivity index (χ1n) is 16.0. The summed E-state index contributed by atoms with van der Waals surface area (Å²) in [6.45, 7) is 7.20. The zero-order valence-corrected chi connectivity index (χ0v) is 27.7. The van der Waals surface area contributed by atoms with Crippen molar-refractivity contribution in [3.8, 4) is 17.2 Å². The van der Waals surface area contributed by atoms with Crippen molar-refractivity contribution in [2.24, 2.45) is 0 Å². The molecule has 0 spiro atoms. The fraction of sp³-hybridized carbons (Fsp3) is 0.371. The number of hydrogen-bond donors (Lipinski definition) is 3. The van der Waals surface area contributed by atoms with E-state index in [-0.39, 0.29) is 35.4 Å². The van der Waals surface area contributed by atoms with E-state index < -0.39 is 0 Å². The predicted octanol–water partition coefficient (Wildman–Crippen LogP) is 7.11. The van der Waals surface area contributed by atoms with Gasteiger partial charge in [0.2, 0.25) is 0 Å². The molecule has 1 fully saturated rings. The molecular formula is C35H39ClN8O3. The van der Waals surface area contributed by atoms with E-state index in [1.807, 2.05) is 67.8 Å². The van der Waals surface area contributed by atoms with E-state index in [4.69, 9.17) is 21.4 Å². The van der Waals surface area contributed by atoms with Crippen LogP contribution in [0.15, 0.2) is 66.9 Å². The van der Waals surface area contributed by atoms with E-state index in [1.165, 1.54) is 6.07 Å². The SMILES string of the molecule is CN1CCCC1c1nnc2ccc(O[C@@H]3CC[C@H](NC(=O)Nc4cc(C(C)(C)C)nn4-c4cc(O)cc(Cl)c4)c4ccccc43)cn12. The number of halogens is 1. The molecule has 3 atom stereocenters. The molecule has 2 amide bonds. The number of fused-ring (bicyclic) bond motifs is 2. The minimum atomic E-state index is -0.362. The van der Waals surface area contributed by atoms with E-state index >= 15 is 0 Å². The third-order valence-electron chi connectivity index (χ3n) is 9.07. The quantitative estimate of drug-likeness (QED) is 0.178. The van der Waals surface area contributed by atoms with E-state index in [1.54, 1.807) is 16.8 Å². The molecule has 1 aliphatic heterocycles. The molecule has 1 saturated heterocycles. The summed E-state index contributed by atoms with van der Waals surface area (Å²) in [6, 6.07) is 18.2. The van der Waals surface area contributed by atoms with Gasteiger partial charge >= 0.3 is 6.03 Å². The van der Waals surface area contributed by atoms with E-state index in [2.05, 4.69) is 38.8 Å². The lowest BCUT2D eigenvalue weighted by Gasteiger charge is -2.32. The van der Waals surface area contributed by atoms with Gasteiger partial charge in [-0.05, 0) is 74.7 Å². The van der Waals surface area contributed by atoms with Crippen molar-refractivity contribution in [2.75, 3.05) is 18.9 Å². The monoisotopic (exact) mass is 654 g/mol. The number of nitrogens with one attached hydrogen (secondary N) is 2. The van der Waals surface area contributed by atoms with Gasteiger partial charge in [0.1, 0.15) is 23.4 Å². The fourth-order valence-electron chi connectivity index (χ4n) is 6.63. The molecule has 2 aromatic carbocycles. The maximum atomic E-state index is 13.5. The highest BCUT2D eigenvalue weighted by Crippen LogP contribution is 2.39. The van der Waals surface area contributed by atoms with Gasteiger partial charge in [-0.25, -0.2) is 9.48 Å². The van der Waals surface area contributed by atoms with Crippen molar-refractivity contribution in [1.29, 1.82) is 0 Å². The van der Waals surface area contributed by atoms with Crippen LogP contribution in [0.4, 0.5) is 10.6 Å². The molecular weight excluding hydrogens is 616 g/mol. The third-order valence-corrected chi connectivity index (χ3v) is 9.29. The lowest BCUT2D eigenvalue weighted by Crippen LogP contribution is -2.36. The number of aromatic hydroxyl groups is 1. The predicted molar refractivity (Wildman–Crippen MR) is 180 cm³/mol. The molecule has 0 radical (unpaired) electrons.